The number of nitrogens with zero attached hydrogens (tertiary/aromatic N) is 2. The van der Waals surface area contributed by atoms with Crippen LogP contribution in [0.1, 0.15) is 11.1 Å². The van der Waals surface area contributed by atoms with Crippen LogP contribution in [0.5, 0.6) is 0 Å². The number of carbonyl (C=O) groups is 1. The van der Waals surface area contributed by atoms with Crippen LogP contribution in [0.3, 0.4) is 0 Å². The molecule has 1 fully saturated rings. The SMILES string of the molecule is Cc1ccc(S(=O)(=O)N(CC(=O)NCCN2CCOCC2)Cc2ccc(F)cc2)cc1. The Morgan fingerprint density at radius 2 is 1.74 bits per heavy atom. The molecule has 1 aliphatic heterocycles. The maximum atomic E-state index is 13.3. The van der Waals surface area contributed by atoms with Crippen molar-refractivity contribution in [1.82, 2.24) is 14.5 Å². The topological polar surface area (TPSA) is 79.0 Å². The molecule has 1 amide bonds. The van der Waals surface area contributed by atoms with Gasteiger partial charge in [-0.15, -0.1) is 0 Å². The molecule has 1 heterocycles. The van der Waals surface area contributed by atoms with Gasteiger partial charge in [0.25, 0.3) is 0 Å². The lowest BCUT2D eigenvalue weighted by Gasteiger charge is -2.27. The fourth-order valence-corrected chi connectivity index (χ4v) is 4.66. The Labute approximate surface area is 182 Å². The molecule has 3 rings (SSSR count). The molecule has 0 bridgehead atoms. The van der Waals surface area contributed by atoms with Crippen molar-refractivity contribution >= 4 is 15.9 Å². The summed E-state index contributed by atoms with van der Waals surface area (Å²) in [6.07, 6.45) is 0. The molecule has 0 radical (unpaired) electrons. The van der Waals surface area contributed by atoms with E-state index in [0.717, 1.165) is 23.0 Å². The number of ether oxygens (including phenoxy) is 1. The number of nitrogens with one attached hydrogen (secondary N) is 1. The molecule has 2 aromatic carbocycles. The van der Waals surface area contributed by atoms with Gasteiger partial charge in [-0.3, -0.25) is 9.69 Å². The Balaban J connectivity index is 1.69. The highest BCUT2D eigenvalue weighted by Crippen LogP contribution is 2.19. The summed E-state index contributed by atoms with van der Waals surface area (Å²) in [7, 11) is -3.91. The van der Waals surface area contributed by atoms with E-state index in [1.54, 1.807) is 12.1 Å². The summed E-state index contributed by atoms with van der Waals surface area (Å²) in [6.45, 7) is 5.59. The first-order valence-electron chi connectivity index (χ1n) is 10.2. The average molecular weight is 450 g/mol. The number of hydrogen-bond acceptors (Lipinski definition) is 5. The van der Waals surface area contributed by atoms with Gasteiger partial charge in [0.2, 0.25) is 15.9 Å². The van der Waals surface area contributed by atoms with Crippen molar-refractivity contribution in [1.29, 1.82) is 0 Å². The van der Waals surface area contributed by atoms with Crippen molar-refractivity contribution in [2.24, 2.45) is 0 Å². The van der Waals surface area contributed by atoms with E-state index in [4.69, 9.17) is 4.74 Å². The molecule has 0 atom stereocenters. The summed E-state index contributed by atoms with van der Waals surface area (Å²) in [5.41, 5.74) is 1.53. The van der Waals surface area contributed by atoms with Crippen LogP contribution in [0.25, 0.3) is 0 Å². The van der Waals surface area contributed by atoms with Crippen LogP contribution in [-0.2, 0) is 26.1 Å². The van der Waals surface area contributed by atoms with E-state index in [2.05, 4.69) is 10.2 Å². The molecule has 0 aliphatic carbocycles. The van der Waals surface area contributed by atoms with Crippen molar-refractivity contribution in [3.05, 3.63) is 65.5 Å². The highest BCUT2D eigenvalue weighted by atomic mass is 32.2. The lowest BCUT2D eigenvalue weighted by molar-refractivity contribution is -0.121. The fourth-order valence-electron chi connectivity index (χ4n) is 3.27. The highest BCUT2D eigenvalue weighted by molar-refractivity contribution is 7.89. The standard InChI is InChI=1S/C22H28FN3O4S/c1-18-2-8-21(9-3-18)31(28,29)26(16-19-4-6-20(23)7-5-19)17-22(27)24-10-11-25-12-14-30-15-13-25/h2-9H,10-17H2,1H3,(H,24,27). The minimum absolute atomic E-state index is 0.0344. The normalized spacial score (nSPS) is 15.2. The van der Waals surface area contributed by atoms with Crippen molar-refractivity contribution in [2.45, 2.75) is 18.4 Å². The van der Waals surface area contributed by atoms with Gasteiger partial charge in [0.1, 0.15) is 5.82 Å². The molecular weight excluding hydrogens is 421 g/mol. The van der Waals surface area contributed by atoms with Gasteiger partial charge < -0.3 is 10.1 Å². The number of aryl methyl sites for hydroxylation is 1. The number of carbonyl (C=O) groups excluding carboxylic acids is 1. The second kappa shape index (κ2) is 10.8. The Morgan fingerprint density at radius 3 is 2.39 bits per heavy atom. The first-order valence-corrected chi connectivity index (χ1v) is 11.7. The lowest BCUT2D eigenvalue weighted by Crippen LogP contribution is -2.44. The van der Waals surface area contributed by atoms with Crippen LogP contribution in [0.4, 0.5) is 4.39 Å². The van der Waals surface area contributed by atoms with E-state index in [-0.39, 0.29) is 23.9 Å². The maximum Gasteiger partial charge on any atom is 0.243 e. The summed E-state index contributed by atoms with van der Waals surface area (Å²) in [5.74, 6) is -0.788. The van der Waals surface area contributed by atoms with Gasteiger partial charge in [-0.25, -0.2) is 12.8 Å². The van der Waals surface area contributed by atoms with Gasteiger partial charge in [0.05, 0.1) is 24.7 Å². The molecule has 1 N–H and O–H groups in total. The third-order valence-corrected chi connectivity index (χ3v) is 6.91. The fraction of sp³-hybridized carbons (Fsp3) is 0.409. The molecule has 7 nitrogen and oxygen atoms in total. The van der Waals surface area contributed by atoms with Crippen molar-refractivity contribution in [2.75, 3.05) is 45.9 Å². The van der Waals surface area contributed by atoms with Crippen LogP contribution in [0.2, 0.25) is 0 Å². The molecule has 0 aromatic heterocycles. The van der Waals surface area contributed by atoms with Gasteiger partial charge in [0, 0.05) is 32.7 Å². The molecule has 2 aromatic rings. The smallest absolute Gasteiger partial charge is 0.243 e. The third kappa shape index (κ3) is 6.83. The zero-order valence-corrected chi connectivity index (χ0v) is 18.4. The summed E-state index contributed by atoms with van der Waals surface area (Å²) in [6, 6.07) is 12.1. The monoisotopic (exact) mass is 449 g/mol. The average Bonchev–Trinajstić information content (AvgIpc) is 2.76. The van der Waals surface area contributed by atoms with Gasteiger partial charge in [-0.2, -0.15) is 4.31 Å². The highest BCUT2D eigenvalue weighted by Gasteiger charge is 2.27. The van der Waals surface area contributed by atoms with Crippen LogP contribution in [0, 0.1) is 12.7 Å². The molecule has 9 heteroatoms. The summed E-state index contributed by atoms with van der Waals surface area (Å²) < 4.78 is 46.1. The van der Waals surface area contributed by atoms with E-state index >= 15 is 0 Å². The lowest BCUT2D eigenvalue weighted by atomic mass is 10.2. The second-order valence-electron chi connectivity index (χ2n) is 7.52. The largest absolute Gasteiger partial charge is 0.379 e. The van der Waals surface area contributed by atoms with Gasteiger partial charge >= 0.3 is 0 Å². The van der Waals surface area contributed by atoms with Crippen LogP contribution >= 0.6 is 0 Å². The molecule has 0 unspecified atom stereocenters. The number of sulfonamides is 1. The Kier molecular flexibility index (Phi) is 8.14. The van der Waals surface area contributed by atoms with Crippen LogP contribution < -0.4 is 5.32 Å². The van der Waals surface area contributed by atoms with E-state index in [1.165, 1.54) is 36.4 Å². The molecule has 0 spiro atoms. The summed E-state index contributed by atoms with van der Waals surface area (Å²) in [4.78, 5) is 14.8. The van der Waals surface area contributed by atoms with E-state index in [9.17, 15) is 17.6 Å². The summed E-state index contributed by atoms with van der Waals surface area (Å²) >= 11 is 0. The first kappa shape index (κ1) is 23.3. The number of rotatable bonds is 9. The van der Waals surface area contributed by atoms with Crippen molar-refractivity contribution in [3.63, 3.8) is 0 Å². The quantitative estimate of drug-likeness (QED) is 0.631. The number of amides is 1. The number of halogens is 1. The minimum Gasteiger partial charge on any atom is -0.379 e. The van der Waals surface area contributed by atoms with Crippen LogP contribution in [-0.4, -0.2) is 69.5 Å². The predicted molar refractivity (Wildman–Crippen MR) is 115 cm³/mol. The summed E-state index contributed by atoms with van der Waals surface area (Å²) in [5, 5.41) is 2.80. The van der Waals surface area contributed by atoms with Crippen molar-refractivity contribution < 1.29 is 22.3 Å². The van der Waals surface area contributed by atoms with Crippen LogP contribution in [0.15, 0.2) is 53.4 Å². The van der Waals surface area contributed by atoms with Crippen molar-refractivity contribution in [3.8, 4) is 0 Å². The Bertz CT molecular complexity index is 959. The first-order chi connectivity index (χ1) is 14.8. The van der Waals surface area contributed by atoms with E-state index in [1.807, 2.05) is 6.92 Å². The molecular formula is C22H28FN3O4S. The molecule has 1 saturated heterocycles. The predicted octanol–water partition coefficient (Wildman–Crippen LogP) is 1.77. The zero-order valence-electron chi connectivity index (χ0n) is 17.6. The van der Waals surface area contributed by atoms with E-state index < -0.39 is 15.8 Å². The van der Waals surface area contributed by atoms with Gasteiger partial charge in [-0.05, 0) is 36.8 Å². The van der Waals surface area contributed by atoms with Gasteiger partial charge in [-0.1, -0.05) is 29.8 Å². The third-order valence-electron chi connectivity index (χ3n) is 5.10. The maximum absolute atomic E-state index is 13.3. The molecule has 1 aliphatic rings. The van der Waals surface area contributed by atoms with E-state index in [0.29, 0.717) is 31.9 Å². The van der Waals surface area contributed by atoms with Gasteiger partial charge in [0.15, 0.2) is 0 Å². The molecule has 0 saturated carbocycles. The Hall–Kier alpha value is -2.33. The zero-order chi connectivity index (χ0) is 22.3. The number of morpholine rings is 1. The number of hydrogen-bond donors (Lipinski definition) is 1. The minimum atomic E-state index is -3.91. The molecule has 31 heavy (non-hydrogen) atoms. The molecule has 168 valence electrons. The second-order valence-corrected chi connectivity index (χ2v) is 9.45. The number of benzene rings is 2. The Morgan fingerprint density at radius 1 is 1.10 bits per heavy atom.